The van der Waals surface area contributed by atoms with Crippen molar-refractivity contribution in [3.63, 3.8) is 0 Å². The van der Waals surface area contributed by atoms with E-state index < -0.39 is 5.97 Å². The van der Waals surface area contributed by atoms with Crippen molar-refractivity contribution >= 4 is 5.97 Å². The van der Waals surface area contributed by atoms with Crippen LogP contribution in [0.2, 0.25) is 0 Å². The molecule has 4 nitrogen and oxygen atoms in total. The minimum absolute atomic E-state index is 0.158. The average molecular weight is 186 g/mol. The summed E-state index contributed by atoms with van der Waals surface area (Å²) >= 11 is 0. The van der Waals surface area contributed by atoms with E-state index >= 15 is 0 Å². The smallest absolute Gasteiger partial charge is 0.306 e. The molecule has 1 aliphatic rings. The van der Waals surface area contributed by atoms with Crippen LogP contribution in [0.4, 0.5) is 0 Å². The van der Waals surface area contributed by atoms with Gasteiger partial charge in [0.15, 0.2) is 0 Å². The van der Waals surface area contributed by atoms with E-state index in [1.807, 2.05) is 6.92 Å². The normalized spacial score (nSPS) is 34.5. The van der Waals surface area contributed by atoms with E-state index in [1.54, 1.807) is 0 Å². The lowest BCUT2D eigenvalue weighted by Crippen LogP contribution is -2.42. The molecule has 13 heavy (non-hydrogen) atoms. The van der Waals surface area contributed by atoms with Gasteiger partial charge in [-0.05, 0) is 25.2 Å². The van der Waals surface area contributed by atoms with E-state index in [9.17, 15) is 4.79 Å². The summed E-state index contributed by atoms with van der Waals surface area (Å²) in [4.78, 5) is 10.9. The molecule has 0 radical (unpaired) electrons. The maximum absolute atomic E-state index is 10.9. The Balaban J connectivity index is 2.55. The molecule has 0 aromatic carbocycles. The Morgan fingerprint density at radius 1 is 1.62 bits per heavy atom. The van der Waals surface area contributed by atoms with Gasteiger partial charge in [-0.25, -0.2) is 0 Å². The Hall–Kier alpha value is -0.610. The molecule has 0 aromatic heterocycles. The van der Waals surface area contributed by atoms with Gasteiger partial charge in [-0.1, -0.05) is 13.3 Å². The molecule has 76 valence electrons. The van der Waals surface area contributed by atoms with Crippen molar-refractivity contribution in [2.75, 3.05) is 0 Å². The fraction of sp³-hybridized carbons (Fsp3) is 0.889. The number of carbonyl (C=O) groups is 1. The number of hydrazine groups is 1. The zero-order valence-electron chi connectivity index (χ0n) is 7.99. The standard InChI is InChI=1S/C9H18N2O2/c1-2-6-5-7(11-10)3-4-8(6)9(12)13/h6-8,11H,2-5,10H2,1H3,(H,12,13). The van der Waals surface area contributed by atoms with E-state index in [0.717, 1.165) is 25.7 Å². The molecule has 0 aromatic rings. The van der Waals surface area contributed by atoms with Gasteiger partial charge in [-0.2, -0.15) is 0 Å². The molecule has 0 aliphatic heterocycles. The number of hydrogen-bond donors (Lipinski definition) is 3. The number of carboxylic acid groups (broad SMARTS) is 1. The van der Waals surface area contributed by atoms with Gasteiger partial charge in [-0.15, -0.1) is 0 Å². The largest absolute Gasteiger partial charge is 0.481 e. The van der Waals surface area contributed by atoms with Crippen molar-refractivity contribution in [1.82, 2.24) is 5.43 Å². The molecule has 0 spiro atoms. The van der Waals surface area contributed by atoms with Crippen LogP contribution < -0.4 is 11.3 Å². The predicted octanol–water partition coefficient (Wildman–Crippen LogP) is 0.729. The van der Waals surface area contributed by atoms with Crippen LogP contribution in [0, 0.1) is 11.8 Å². The van der Waals surface area contributed by atoms with Gasteiger partial charge in [-0.3, -0.25) is 16.1 Å². The Kier molecular flexibility index (Phi) is 3.69. The molecule has 3 atom stereocenters. The minimum Gasteiger partial charge on any atom is -0.481 e. The van der Waals surface area contributed by atoms with E-state index in [4.69, 9.17) is 10.9 Å². The van der Waals surface area contributed by atoms with E-state index in [0.29, 0.717) is 6.04 Å². The third-order valence-electron chi connectivity index (χ3n) is 3.06. The first kappa shape index (κ1) is 10.5. The molecule has 0 saturated heterocycles. The second-order valence-corrected chi connectivity index (χ2v) is 3.79. The number of aliphatic carboxylic acids is 1. The van der Waals surface area contributed by atoms with Gasteiger partial charge in [0.25, 0.3) is 0 Å². The molecule has 1 fully saturated rings. The first-order valence-corrected chi connectivity index (χ1v) is 4.88. The molecular formula is C9H18N2O2. The van der Waals surface area contributed by atoms with E-state index in [2.05, 4.69) is 5.43 Å². The van der Waals surface area contributed by atoms with Crippen molar-refractivity contribution in [3.8, 4) is 0 Å². The molecule has 4 heteroatoms. The molecule has 1 saturated carbocycles. The van der Waals surface area contributed by atoms with E-state index in [-0.39, 0.29) is 11.8 Å². The third-order valence-corrected chi connectivity index (χ3v) is 3.06. The Morgan fingerprint density at radius 3 is 2.77 bits per heavy atom. The molecule has 0 amide bonds. The molecule has 4 N–H and O–H groups in total. The maximum atomic E-state index is 10.9. The van der Waals surface area contributed by atoms with Crippen molar-refractivity contribution in [1.29, 1.82) is 0 Å². The van der Waals surface area contributed by atoms with Crippen LogP contribution >= 0.6 is 0 Å². The maximum Gasteiger partial charge on any atom is 0.306 e. The summed E-state index contributed by atoms with van der Waals surface area (Å²) in [5, 5.41) is 8.95. The minimum atomic E-state index is -0.651. The summed E-state index contributed by atoms with van der Waals surface area (Å²) in [6.45, 7) is 2.04. The lowest BCUT2D eigenvalue weighted by Gasteiger charge is -2.32. The quantitative estimate of drug-likeness (QED) is 0.448. The lowest BCUT2D eigenvalue weighted by atomic mass is 9.76. The second-order valence-electron chi connectivity index (χ2n) is 3.79. The molecule has 0 heterocycles. The monoisotopic (exact) mass is 186 g/mol. The summed E-state index contributed by atoms with van der Waals surface area (Å²) < 4.78 is 0. The average Bonchev–Trinajstić information content (AvgIpc) is 2.16. The predicted molar refractivity (Wildman–Crippen MR) is 49.9 cm³/mol. The molecule has 0 bridgehead atoms. The fourth-order valence-electron chi connectivity index (χ4n) is 2.19. The summed E-state index contributed by atoms with van der Waals surface area (Å²) in [6.07, 6.45) is 3.45. The zero-order valence-corrected chi connectivity index (χ0v) is 7.99. The van der Waals surface area contributed by atoms with Gasteiger partial charge in [0.1, 0.15) is 0 Å². The molecular weight excluding hydrogens is 168 g/mol. The first-order valence-electron chi connectivity index (χ1n) is 4.88. The van der Waals surface area contributed by atoms with Gasteiger partial charge < -0.3 is 5.11 Å². The summed E-state index contributed by atoms with van der Waals surface area (Å²) in [5.74, 6) is 4.82. The lowest BCUT2D eigenvalue weighted by molar-refractivity contribution is -0.145. The van der Waals surface area contributed by atoms with Crippen molar-refractivity contribution in [2.45, 2.75) is 38.6 Å². The third kappa shape index (κ3) is 2.42. The SMILES string of the molecule is CCC1CC(NN)CCC1C(=O)O. The van der Waals surface area contributed by atoms with Crippen LogP contribution in [0.15, 0.2) is 0 Å². The number of nitrogens with one attached hydrogen (secondary N) is 1. The van der Waals surface area contributed by atoms with Crippen LogP contribution in [-0.2, 0) is 4.79 Å². The van der Waals surface area contributed by atoms with Crippen LogP contribution in [0.1, 0.15) is 32.6 Å². The Morgan fingerprint density at radius 2 is 2.31 bits per heavy atom. The molecule has 1 rings (SSSR count). The topological polar surface area (TPSA) is 75.3 Å². The van der Waals surface area contributed by atoms with Crippen LogP contribution in [-0.4, -0.2) is 17.1 Å². The number of carboxylic acids is 1. The van der Waals surface area contributed by atoms with Crippen molar-refractivity contribution < 1.29 is 9.90 Å². The fourth-order valence-corrected chi connectivity index (χ4v) is 2.19. The summed E-state index contributed by atoms with van der Waals surface area (Å²) in [7, 11) is 0. The van der Waals surface area contributed by atoms with E-state index in [1.165, 1.54) is 0 Å². The highest BCUT2D eigenvalue weighted by Gasteiger charge is 2.33. The summed E-state index contributed by atoms with van der Waals surface area (Å²) in [5.41, 5.74) is 2.73. The number of rotatable bonds is 3. The highest BCUT2D eigenvalue weighted by atomic mass is 16.4. The van der Waals surface area contributed by atoms with Gasteiger partial charge in [0.2, 0.25) is 0 Å². The second kappa shape index (κ2) is 4.58. The zero-order chi connectivity index (χ0) is 9.84. The van der Waals surface area contributed by atoms with Crippen LogP contribution in [0.25, 0.3) is 0 Å². The van der Waals surface area contributed by atoms with Crippen molar-refractivity contribution in [3.05, 3.63) is 0 Å². The van der Waals surface area contributed by atoms with Gasteiger partial charge >= 0.3 is 5.97 Å². The van der Waals surface area contributed by atoms with Crippen LogP contribution in [0.5, 0.6) is 0 Å². The van der Waals surface area contributed by atoms with Gasteiger partial charge in [0, 0.05) is 6.04 Å². The first-order chi connectivity index (χ1) is 6.19. The Bertz CT molecular complexity index is 184. The van der Waals surface area contributed by atoms with Gasteiger partial charge in [0.05, 0.1) is 5.92 Å². The Labute approximate surface area is 78.5 Å². The number of nitrogens with two attached hydrogens (primary N) is 1. The molecule has 1 aliphatic carbocycles. The van der Waals surface area contributed by atoms with Crippen molar-refractivity contribution in [2.24, 2.45) is 17.7 Å². The highest BCUT2D eigenvalue weighted by molar-refractivity contribution is 5.70. The van der Waals surface area contributed by atoms with Crippen LogP contribution in [0.3, 0.4) is 0 Å². The molecule has 3 unspecified atom stereocenters. The highest BCUT2D eigenvalue weighted by Crippen LogP contribution is 2.32. The number of hydrogen-bond acceptors (Lipinski definition) is 3. The summed E-state index contributed by atoms with van der Waals surface area (Å²) in [6, 6.07) is 0.306.